The molecule has 0 atom stereocenters. The average molecular weight is 455 g/mol. The predicted molar refractivity (Wildman–Crippen MR) is 117 cm³/mol. The maximum Gasteiger partial charge on any atom is 0.257 e. The van der Waals surface area contributed by atoms with Gasteiger partial charge in [0.1, 0.15) is 0 Å². The molecule has 1 aliphatic rings. The van der Waals surface area contributed by atoms with Crippen LogP contribution in [0.5, 0.6) is 5.75 Å². The number of nitrogens with zero attached hydrogens (tertiary/aromatic N) is 2. The van der Waals surface area contributed by atoms with Crippen LogP contribution < -0.4 is 20.7 Å². The van der Waals surface area contributed by atoms with Crippen LogP contribution in [0.1, 0.15) is 25.7 Å². The SMILES string of the molecule is NCCCCCCNC(=O)COc1c(-c2csc(N3CCOCC3)n2)ccc(F)c1F. The quantitative estimate of drug-likeness (QED) is 0.508. The zero-order valence-corrected chi connectivity index (χ0v) is 18.2. The first kappa shape index (κ1) is 23.4. The number of anilines is 1. The van der Waals surface area contributed by atoms with Crippen LogP contribution in [-0.2, 0) is 9.53 Å². The molecule has 0 aliphatic carbocycles. The fourth-order valence-corrected chi connectivity index (χ4v) is 4.08. The van der Waals surface area contributed by atoms with Crippen molar-refractivity contribution in [2.24, 2.45) is 5.73 Å². The number of hydrogen-bond acceptors (Lipinski definition) is 7. The average Bonchev–Trinajstić information content (AvgIpc) is 3.28. The molecule has 0 unspecified atom stereocenters. The van der Waals surface area contributed by atoms with E-state index in [4.69, 9.17) is 15.2 Å². The van der Waals surface area contributed by atoms with Crippen LogP contribution in [0.25, 0.3) is 11.3 Å². The standard InChI is InChI=1S/C21H28F2N4O3S/c22-16-6-5-15(17-14-31-21(26-17)27-9-11-29-12-10-27)20(19(16)23)30-13-18(28)25-8-4-2-1-3-7-24/h5-6,14H,1-4,7-13,24H2,(H,25,28). The first-order valence-corrected chi connectivity index (χ1v) is 11.3. The summed E-state index contributed by atoms with van der Waals surface area (Å²) in [4.78, 5) is 18.7. The molecule has 2 heterocycles. The maximum atomic E-state index is 14.5. The van der Waals surface area contributed by atoms with Crippen LogP contribution >= 0.6 is 11.3 Å². The molecule has 3 rings (SSSR count). The van der Waals surface area contributed by atoms with Crippen molar-refractivity contribution in [1.82, 2.24) is 10.3 Å². The van der Waals surface area contributed by atoms with E-state index in [0.717, 1.165) is 50.0 Å². The van der Waals surface area contributed by atoms with Crippen molar-refractivity contribution < 1.29 is 23.0 Å². The highest BCUT2D eigenvalue weighted by molar-refractivity contribution is 7.14. The number of morpholine rings is 1. The molecule has 1 amide bonds. The van der Waals surface area contributed by atoms with Gasteiger partial charge in [0.25, 0.3) is 5.91 Å². The Kier molecular flexibility index (Phi) is 8.98. The van der Waals surface area contributed by atoms with Crippen LogP contribution in [0.4, 0.5) is 13.9 Å². The van der Waals surface area contributed by atoms with E-state index in [1.807, 2.05) is 0 Å². The van der Waals surface area contributed by atoms with E-state index in [1.54, 1.807) is 5.38 Å². The van der Waals surface area contributed by atoms with Crippen LogP contribution in [0.3, 0.4) is 0 Å². The maximum absolute atomic E-state index is 14.5. The minimum atomic E-state index is -1.13. The number of aromatic nitrogens is 1. The topological polar surface area (TPSA) is 89.7 Å². The lowest BCUT2D eigenvalue weighted by molar-refractivity contribution is -0.123. The second-order valence-corrected chi connectivity index (χ2v) is 8.03. The molecular weight excluding hydrogens is 426 g/mol. The number of rotatable bonds is 11. The Labute approximate surface area is 184 Å². The smallest absolute Gasteiger partial charge is 0.257 e. The molecular formula is C21H28F2N4O3S. The second-order valence-electron chi connectivity index (χ2n) is 7.19. The number of carbonyl (C=O) groups is 1. The Morgan fingerprint density at radius 2 is 2.00 bits per heavy atom. The van der Waals surface area contributed by atoms with Gasteiger partial charge in [0.05, 0.1) is 18.9 Å². The second kappa shape index (κ2) is 11.9. The number of hydrogen-bond donors (Lipinski definition) is 2. The van der Waals surface area contributed by atoms with Crippen LogP contribution in [0.2, 0.25) is 0 Å². The summed E-state index contributed by atoms with van der Waals surface area (Å²) in [6.45, 7) is 3.44. The third-order valence-electron chi connectivity index (χ3n) is 4.90. The molecule has 3 N–H and O–H groups in total. The van der Waals surface area contributed by atoms with Gasteiger partial charge >= 0.3 is 0 Å². The van der Waals surface area contributed by atoms with Crippen molar-refractivity contribution in [2.75, 3.05) is 50.9 Å². The van der Waals surface area contributed by atoms with Crippen molar-refractivity contribution in [3.63, 3.8) is 0 Å². The monoisotopic (exact) mass is 454 g/mol. The van der Waals surface area contributed by atoms with Crippen molar-refractivity contribution in [2.45, 2.75) is 25.7 Å². The highest BCUT2D eigenvalue weighted by atomic mass is 32.1. The lowest BCUT2D eigenvalue weighted by atomic mass is 10.1. The van der Waals surface area contributed by atoms with E-state index in [1.165, 1.54) is 17.4 Å². The van der Waals surface area contributed by atoms with E-state index < -0.39 is 18.2 Å². The Hall–Kier alpha value is -2.30. The molecule has 2 aromatic rings. The molecule has 1 aliphatic heterocycles. The third kappa shape index (κ3) is 6.59. The number of carbonyl (C=O) groups excluding carboxylic acids is 1. The molecule has 31 heavy (non-hydrogen) atoms. The molecule has 1 aromatic carbocycles. The van der Waals surface area contributed by atoms with Gasteiger partial charge < -0.3 is 25.4 Å². The molecule has 1 aromatic heterocycles. The largest absolute Gasteiger partial charge is 0.480 e. The number of halogens is 2. The molecule has 1 fully saturated rings. The zero-order valence-electron chi connectivity index (χ0n) is 17.4. The van der Waals surface area contributed by atoms with Gasteiger partial charge in [0.2, 0.25) is 5.82 Å². The Bertz CT molecular complexity index is 859. The van der Waals surface area contributed by atoms with Crippen LogP contribution in [-0.4, -0.2) is 56.9 Å². The summed E-state index contributed by atoms with van der Waals surface area (Å²) in [7, 11) is 0. The van der Waals surface area contributed by atoms with Crippen molar-refractivity contribution in [1.29, 1.82) is 0 Å². The van der Waals surface area contributed by atoms with Gasteiger partial charge in [-0.2, -0.15) is 4.39 Å². The van der Waals surface area contributed by atoms with Crippen molar-refractivity contribution >= 4 is 22.4 Å². The first-order valence-electron chi connectivity index (χ1n) is 10.5. The van der Waals surface area contributed by atoms with Crippen LogP contribution in [0, 0.1) is 11.6 Å². The van der Waals surface area contributed by atoms with Gasteiger partial charge in [-0.15, -0.1) is 11.3 Å². The number of unbranched alkanes of at least 4 members (excludes halogenated alkanes) is 3. The van der Waals surface area contributed by atoms with E-state index in [2.05, 4.69) is 15.2 Å². The predicted octanol–water partition coefficient (Wildman–Crippen LogP) is 2.94. The number of thiazole rings is 1. The summed E-state index contributed by atoms with van der Waals surface area (Å²) in [5, 5.41) is 5.28. The summed E-state index contributed by atoms with van der Waals surface area (Å²) in [6.07, 6.45) is 3.77. The number of ether oxygens (including phenoxy) is 2. The minimum Gasteiger partial charge on any atom is -0.480 e. The first-order chi connectivity index (χ1) is 15.1. The zero-order chi connectivity index (χ0) is 22.1. The normalized spacial score (nSPS) is 14.0. The van der Waals surface area contributed by atoms with Crippen molar-refractivity contribution in [3.8, 4) is 17.0 Å². The van der Waals surface area contributed by atoms with Gasteiger partial charge in [0, 0.05) is 30.6 Å². The lowest BCUT2D eigenvalue weighted by Crippen LogP contribution is -2.36. The number of nitrogens with two attached hydrogens (primary N) is 1. The molecule has 0 spiro atoms. The third-order valence-corrected chi connectivity index (χ3v) is 5.80. The molecule has 7 nitrogen and oxygen atoms in total. The van der Waals surface area contributed by atoms with Gasteiger partial charge in [-0.05, 0) is 31.5 Å². The molecule has 1 saturated heterocycles. The number of amides is 1. The fourth-order valence-electron chi connectivity index (χ4n) is 3.20. The summed E-state index contributed by atoms with van der Waals surface area (Å²) < 4.78 is 39.1. The van der Waals surface area contributed by atoms with Gasteiger partial charge in [-0.25, -0.2) is 9.37 Å². The van der Waals surface area contributed by atoms with E-state index >= 15 is 0 Å². The highest BCUT2D eigenvalue weighted by Crippen LogP contribution is 2.36. The molecule has 10 heteroatoms. The number of nitrogens with one attached hydrogen (secondary N) is 1. The van der Waals surface area contributed by atoms with Gasteiger partial charge in [-0.3, -0.25) is 4.79 Å². The highest BCUT2D eigenvalue weighted by Gasteiger charge is 2.21. The van der Waals surface area contributed by atoms with Gasteiger partial charge in [-0.1, -0.05) is 12.8 Å². The van der Waals surface area contributed by atoms with E-state index in [0.29, 0.717) is 37.6 Å². The summed E-state index contributed by atoms with van der Waals surface area (Å²) >= 11 is 1.41. The van der Waals surface area contributed by atoms with Crippen LogP contribution in [0.15, 0.2) is 17.5 Å². The summed E-state index contributed by atoms with van der Waals surface area (Å²) in [5.74, 6) is -2.87. The fraction of sp³-hybridized carbons (Fsp3) is 0.524. The number of benzene rings is 1. The Balaban J connectivity index is 1.62. The summed E-state index contributed by atoms with van der Waals surface area (Å²) in [5.41, 5.74) is 6.23. The van der Waals surface area contributed by atoms with E-state index in [9.17, 15) is 13.6 Å². The minimum absolute atomic E-state index is 0.308. The molecule has 0 radical (unpaired) electrons. The molecule has 0 bridgehead atoms. The Morgan fingerprint density at radius 3 is 2.77 bits per heavy atom. The van der Waals surface area contributed by atoms with E-state index in [-0.39, 0.29) is 11.7 Å². The molecule has 0 saturated carbocycles. The lowest BCUT2D eigenvalue weighted by Gasteiger charge is -2.26. The van der Waals surface area contributed by atoms with Gasteiger partial charge in [0.15, 0.2) is 23.3 Å². The Morgan fingerprint density at radius 1 is 1.23 bits per heavy atom. The summed E-state index contributed by atoms with van der Waals surface area (Å²) in [6, 6.07) is 2.45. The molecule has 170 valence electrons. The van der Waals surface area contributed by atoms with Crippen molar-refractivity contribution in [3.05, 3.63) is 29.1 Å².